The summed E-state index contributed by atoms with van der Waals surface area (Å²) in [4.78, 5) is 4.40. The zero-order chi connectivity index (χ0) is 16.1. The van der Waals surface area contributed by atoms with Crippen molar-refractivity contribution in [1.82, 2.24) is 14.9 Å². The second kappa shape index (κ2) is 6.72. The number of hydrogen-bond acceptors (Lipinski definition) is 5. The van der Waals surface area contributed by atoms with Crippen LogP contribution in [0.2, 0.25) is 0 Å². The molecule has 0 saturated carbocycles. The van der Waals surface area contributed by atoms with E-state index in [1.165, 1.54) is 12.1 Å². The normalized spacial score (nSPS) is 11.5. The van der Waals surface area contributed by atoms with Gasteiger partial charge in [0.25, 0.3) is 0 Å². The molecule has 118 valence electrons. The molecule has 1 N–H and O–H groups in total. The van der Waals surface area contributed by atoms with Gasteiger partial charge in [-0.3, -0.25) is 0 Å². The van der Waals surface area contributed by atoms with E-state index in [0.717, 1.165) is 5.56 Å². The average molecular weight is 329 g/mol. The molecule has 0 aliphatic heterocycles. The third kappa shape index (κ3) is 4.02. The first-order valence-electron chi connectivity index (χ1n) is 7.03. The minimum Gasteiger partial charge on any atom is -0.338 e. The molecule has 0 radical (unpaired) electrons. The maximum Gasteiger partial charge on any atom is 0.241 e. The topological polar surface area (TPSA) is 85.1 Å². The first kappa shape index (κ1) is 15.4. The third-order valence-corrected chi connectivity index (χ3v) is 4.60. The van der Waals surface area contributed by atoms with E-state index in [-0.39, 0.29) is 17.3 Å². The van der Waals surface area contributed by atoms with Gasteiger partial charge in [-0.25, -0.2) is 13.1 Å². The van der Waals surface area contributed by atoms with E-state index >= 15 is 0 Å². The van der Waals surface area contributed by atoms with Crippen molar-refractivity contribution in [3.63, 3.8) is 0 Å². The van der Waals surface area contributed by atoms with Crippen molar-refractivity contribution in [2.24, 2.45) is 0 Å². The Morgan fingerprint density at radius 1 is 0.957 bits per heavy atom. The van der Waals surface area contributed by atoms with E-state index in [1.807, 2.05) is 30.3 Å². The van der Waals surface area contributed by atoms with Crippen molar-refractivity contribution in [2.75, 3.05) is 0 Å². The minimum absolute atomic E-state index is 0.0426. The third-order valence-electron chi connectivity index (χ3n) is 3.18. The molecule has 6 nitrogen and oxygen atoms in total. The number of nitrogens with one attached hydrogen (secondary N) is 1. The lowest BCUT2D eigenvalue weighted by atomic mass is 10.1. The van der Waals surface area contributed by atoms with E-state index in [9.17, 15) is 8.42 Å². The van der Waals surface area contributed by atoms with Gasteiger partial charge in [0.05, 0.1) is 11.4 Å². The predicted molar refractivity (Wildman–Crippen MR) is 84.0 cm³/mol. The largest absolute Gasteiger partial charge is 0.338 e. The summed E-state index contributed by atoms with van der Waals surface area (Å²) in [7, 11) is -3.59. The quantitative estimate of drug-likeness (QED) is 0.749. The van der Waals surface area contributed by atoms with Gasteiger partial charge < -0.3 is 4.52 Å². The van der Waals surface area contributed by atoms with Crippen molar-refractivity contribution >= 4 is 10.0 Å². The molecule has 0 bridgehead atoms. The molecule has 1 aromatic heterocycles. The van der Waals surface area contributed by atoms with Gasteiger partial charge in [-0.2, -0.15) is 4.98 Å². The maximum atomic E-state index is 12.1. The second-order valence-electron chi connectivity index (χ2n) is 4.90. The van der Waals surface area contributed by atoms with E-state index in [1.54, 1.807) is 18.2 Å². The highest BCUT2D eigenvalue weighted by Crippen LogP contribution is 2.09. The number of nitrogens with zero attached hydrogens (tertiary/aromatic N) is 2. The molecule has 0 fully saturated rings. The fraction of sp³-hybridized carbons (Fsp3) is 0.125. The molecule has 0 amide bonds. The Hall–Kier alpha value is -2.51. The monoisotopic (exact) mass is 329 g/mol. The molecule has 0 aliphatic carbocycles. The molecule has 3 aromatic rings. The van der Waals surface area contributed by atoms with Crippen LogP contribution in [-0.4, -0.2) is 18.6 Å². The summed E-state index contributed by atoms with van der Waals surface area (Å²) >= 11 is 0. The molecule has 3 rings (SSSR count). The van der Waals surface area contributed by atoms with Gasteiger partial charge in [0, 0.05) is 6.42 Å². The van der Waals surface area contributed by atoms with Gasteiger partial charge in [-0.05, 0) is 17.7 Å². The molecule has 0 spiro atoms. The van der Waals surface area contributed by atoms with Crippen LogP contribution in [0.1, 0.15) is 17.3 Å². The fourth-order valence-electron chi connectivity index (χ4n) is 2.05. The van der Waals surface area contributed by atoms with Crippen LogP contribution in [0.15, 0.2) is 70.1 Å². The summed E-state index contributed by atoms with van der Waals surface area (Å²) in [6.45, 7) is -0.0426. The second-order valence-corrected chi connectivity index (χ2v) is 6.67. The first-order valence-corrected chi connectivity index (χ1v) is 8.52. The van der Waals surface area contributed by atoms with Crippen molar-refractivity contribution in [2.45, 2.75) is 17.9 Å². The molecule has 0 atom stereocenters. The van der Waals surface area contributed by atoms with E-state index in [2.05, 4.69) is 14.9 Å². The summed E-state index contributed by atoms with van der Waals surface area (Å²) < 4.78 is 31.7. The Balaban J connectivity index is 1.63. The van der Waals surface area contributed by atoms with E-state index in [4.69, 9.17) is 4.52 Å². The Kier molecular flexibility index (Phi) is 4.50. The SMILES string of the molecule is O=S(=O)(NCc1nc(Cc2ccccc2)no1)c1ccccc1. The number of aromatic nitrogens is 2. The van der Waals surface area contributed by atoms with E-state index in [0.29, 0.717) is 12.2 Å². The predicted octanol–water partition coefficient (Wildman–Crippen LogP) is 2.14. The summed E-state index contributed by atoms with van der Waals surface area (Å²) in [5.41, 5.74) is 1.06. The van der Waals surface area contributed by atoms with Gasteiger partial charge >= 0.3 is 0 Å². The van der Waals surface area contributed by atoms with Gasteiger partial charge in [0.15, 0.2) is 5.82 Å². The van der Waals surface area contributed by atoms with Gasteiger partial charge in [0.1, 0.15) is 0 Å². The summed E-state index contributed by atoms with van der Waals surface area (Å²) in [6, 6.07) is 17.9. The van der Waals surface area contributed by atoms with Crippen LogP contribution in [0.5, 0.6) is 0 Å². The highest BCUT2D eigenvalue weighted by Gasteiger charge is 2.15. The van der Waals surface area contributed by atoms with Gasteiger partial charge in [-0.15, -0.1) is 0 Å². The zero-order valence-corrected chi connectivity index (χ0v) is 13.0. The van der Waals surface area contributed by atoms with Crippen LogP contribution in [0.3, 0.4) is 0 Å². The Labute approximate surface area is 134 Å². The lowest BCUT2D eigenvalue weighted by Crippen LogP contribution is -2.23. The molecule has 7 heteroatoms. The first-order chi connectivity index (χ1) is 11.1. The Bertz CT molecular complexity index is 862. The molecule has 0 unspecified atom stereocenters. The fourth-order valence-corrected chi connectivity index (χ4v) is 3.05. The molecular weight excluding hydrogens is 314 g/mol. The lowest BCUT2D eigenvalue weighted by Gasteiger charge is -2.03. The van der Waals surface area contributed by atoms with Gasteiger partial charge in [0.2, 0.25) is 15.9 Å². The molecular formula is C16H15N3O3S. The van der Waals surface area contributed by atoms with Crippen molar-refractivity contribution in [1.29, 1.82) is 0 Å². The van der Waals surface area contributed by atoms with Crippen LogP contribution in [0.4, 0.5) is 0 Å². The van der Waals surface area contributed by atoms with Gasteiger partial charge in [-0.1, -0.05) is 53.7 Å². The molecule has 2 aromatic carbocycles. The number of sulfonamides is 1. The molecule has 23 heavy (non-hydrogen) atoms. The minimum atomic E-state index is -3.59. The van der Waals surface area contributed by atoms with Crippen LogP contribution in [-0.2, 0) is 23.0 Å². The summed E-state index contributed by atoms with van der Waals surface area (Å²) in [5, 5.41) is 3.86. The maximum absolute atomic E-state index is 12.1. The van der Waals surface area contributed by atoms with Crippen LogP contribution >= 0.6 is 0 Å². The highest BCUT2D eigenvalue weighted by molar-refractivity contribution is 7.89. The number of hydrogen-bond donors (Lipinski definition) is 1. The zero-order valence-electron chi connectivity index (χ0n) is 12.2. The molecule has 0 saturated heterocycles. The molecule has 0 aliphatic rings. The van der Waals surface area contributed by atoms with Crippen LogP contribution in [0.25, 0.3) is 0 Å². The van der Waals surface area contributed by atoms with Crippen LogP contribution in [0, 0.1) is 0 Å². The van der Waals surface area contributed by atoms with Crippen LogP contribution < -0.4 is 4.72 Å². The standard InChI is InChI=1S/C16H15N3O3S/c20-23(21,14-9-5-2-6-10-14)17-12-16-18-15(19-22-16)11-13-7-3-1-4-8-13/h1-10,17H,11-12H2. The highest BCUT2D eigenvalue weighted by atomic mass is 32.2. The average Bonchev–Trinajstić information content (AvgIpc) is 3.02. The number of benzene rings is 2. The van der Waals surface area contributed by atoms with E-state index < -0.39 is 10.0 Å². The number of rotatable bonds is 6. The lowest BCUT2D eigenvalue weighted by molar-refractivity contribution is 0.371. The van der Waals surface area contributed by atoms with Crippen molar-refractivity contribution in [3.8, 4) is 0 Å². The summed E-state index contributed by atoms with van der Waals surface area (Å²) in [5.74, 6) is 0.751. The smallest absolute Gasteiger partial charge is 0.241 e. The van der Waals surface area contributed by atoms with Crippen molar-refractivity contribution in [3.05, 3.63) is 77.9 Å². The summed E-state index contributed by atoms with van der Waals surface area (Å²) in [6.07, 6.45) is 0.537. The Morgan fingerprint density at radius 3 is 2.30 bits per heavy atom. The molecule has 1 heterocycles. The Morgan fingerprint density at radius 2 is 1.61 bits per heavy atom. The van der Waals surface area contributed by atoms with Crippen molar-refractivity contribution < 1.29 is 12.9 Å².